The molecule has 0 aromatic heterocycles. The van der Waals surface area contributed by atoms with Gasteiger partial charge in [0.25, 0.3) is 0 Å². The molecular weight excluding hydrogens is 306 g/mol. The molecule has 0 aliphatic rings. The van der Waals surface area contributed by atoms with Gasteiger partial charge in [-0.05, 0) is 0 Å². The quantitative estimate of drug-likeness (QED) is 0.321. The van der Waals surface area contributed by atoms with Gasteiger partial charge in [0.2, 0.25) is 0 Å². The van der Waals surface area contributed by atoms with Crippen LogP contribution in [0.15, 0.2) is 0 Å². The van der Waals surface area contributed by atoms with Crippen molar-refractivity contribution in [1.29, 1.82) is 0 Å². The van der Waals surface area contributed by atoms with Crippen molar-refractivity contribution in [3.63, 3.8) is 0 Å². The fourth-order valence-electron chi connectivity index (χ4n) is 2.05. The predicted molar refractivity (Wildman–Crippen MR) is 74.4 cm³/mol. The molecule has 0 rings (SSSR count). The monoisotopic (exact) mass is 337 g/mol. The van der Waals surface area contributed by atoms with E-state index in [1.54, 1.807) is 13.3 Å². The number of rotatable bonds is 12. The number of hydrogen-bond acceptors (Lipinski definition) is 0. The van der Waals surface area contributed by atoms with Gasteiger partial charge in [-0.2, -0.15) is 0 Å². The Morgan fingerprint density at radius 3 is 1.69 bits per heavy atom. The topological polar surface area (TPSA) is 0 Å². The molecule has 0 aromatic rings. The maximum atomic E-state index is 11.9. The molecule has 0 heterocycles. The van der Waals surface area contributed by atoms with Gasteiger partial charge in [0.15, 0.2) is 0 Å². The van der Waals surface area contributed by atoms with E-state index in [0.717, 1.165) is 12.8 Å². The molecule has 0 aliphatic carbocycles. The second-order valence-corrected chi connectivity index (χ2v) is 13.4. The second-order valence-electron chi connectivity index (χ2n) is 4.81. The average molecular weight is 336 g/mol. The Bertz CT molecular complexity index is 120. The summed E-state index contributed by atoms with van der Waals surface area (Å²) in [5.74, 6) is 0. The van der Waals surface area contributed by atoms with Crippen molar-refractivity contribution in [3.8, 4) is 0 Å². The van der Waals surface area contributed by atoms with Crippen molar-refractivity contribution < 1.29 is 4.39 Å². The summed E-state index contributed by atoms with van der Waals surface area (Å²) in [6.45, 7) is 4.50. The third kappa shape index (κ3) is 11.2. The van der Waals surface area contributed by atoms with Crippen LogP contribution in [0.1, 0.15) is 65.2 Å². The van der Waals surface area contributed by atoms with Crippen LogP contribution in [-0.2, 0) is 0 Å². The molecule has 0 aliphatic heterocycles. The summed E-state index contributed by atoms with van der Waals surface area (Å²) in [6, 6.07) is 0. The van der Waals surface area contributed by atoms with Crippen LogP contribution in [-0.4, -0.2) is 26.4 Å². The van der Waals surface area contributed by atoms with Crippen LogP contribution < -0.4 is 0 Å². The summed E-state index contributed by atoms with van der Waals surface area (Å²) >= 11 is -0.982. The van der Waals surface area contributed by atoms with Crippen LogP contribution in [0.2, 0.25) is 13.3 Å². The Hall–Kier alpha value is 0.729. The molecule has 97 valence electrons. The molecule has 0 fully saturated rings. The van der Waals surface area contributed by atoms with Crippen LogP contribution in [0.3, 0.4) is 0 Å². The summed E-state index contributed by atoms with van der Waals surface area (Å²) in [5.41, 5.74) is 0. The third-order valence-corrected chi connectivity index (χ3v) is 12.3. The van der Waals surface area contributed by atoms with Crippen molar-refractivity contribution in [1.82, 2.24) is 0 Å². The summed E-state index contributed by atoms with van der Waals surface area (Å²) in [7, 11) is 0. The van der Waals surface area contributed by atoms with Gasteiger partial charge in [0.1, 0.15) is 0 Å². The zero-order valence-electron chi connectivity index (χ0n) is 11.4. The summed E-state index contributed by atoms with van der Waals surface area (Å²) in [6.07, 6.45) is 10.3. The Morgan fingerprint density at radius 2 is 1.19 bits per heavy atom. The number of halogens is 1. The van der Waals surface area contributed by atoms with Gasteiger partial charge < -0.3 is 0 Å². The standard InChI is InChI=1S/C6H12F.2C4H9.Sn/c1-2-3-4-5-6-7;2*1-3-4-2;/h1-6H2;2*1,3-4H2,2H3;. The minimum absolute atomic E-state index is 0.114. The van der Waals surface area contributed by atoms with Crippen molar-refractivity contribution in [2.24, 2.45) is 0 Å². The van der Waals surface area contributed by atoms with Crippen molar-refractivity contribution in [3.05, 3.63) is 0 Å². The summed E-state index contributed by atoms with van der Waals surface area (Å²) in [5, 5.41) is 0. The van der Waals surface area contributed by atoms with E-state index in [1.165, 1.54) is 38.5 Å². The first kappa shape index (κ1) is 16.7. The molecule has 0 atom stereocenters. The first-order chi connectivity index (χ1) is 7.85. The van der Waals surface area contributed by atoms with Gasteiger partial charge in [-0.1, -0.05) is 0 Å². The Kier molecular flexibility index (Phi) is 14.4. The SMILES string of the molecule is CCC[CH2][Sn]([CH2]CCC)[CH2]CCCCCF. The van der Waals surface area contributed by atoms with E-state index in [1.807, 2.05) is 0 Å². The van der Waals surface area contributed by atoms with Crippen LogP contribution in [0, 0.1) is 0 Å². The maximum absolute atomic E-state index is 11.9. The molecule has 1 radical (unpaired) electrons. The fourth-order valence-corrected chi connectivity index (χ4v) is 11.2. The van der Waals surface area contributed by atoms with E-state index in [4.69, 9.17) is 0 Å². The molecule has 0 spiro atoms. The van der Waals surface area contributed by atoms with E-state index in [9.17, 15) is 4.39 Å². The van der Waals surface area contributed by atoms with Gasteiger partial charge in [0.05, 0.1) is 0 Å². The van der Waals surface area contributed by atoms with Gasteiger partial charge in [-0.15, -0.1) is 0 Å². The Balaban J connectivity index is 3.48. The van der Waals surface area contributed by atoms with Gasteiger partial charge >= 0.3 is 109 Å². The van der Waals surface area contributed by atoms with Crippen molar-refractivity contribution in [2.45, 2.75) is 78.5 Å². The molecule has 0 N–H and O–H groups in total. The van der Waals surface area contributed by atoms with Crippen LogP contribution >= 0.6 is 0 Å². The molecule has 0 aromatic carbocycles. The molecule has 2 heteroatoms. The van der Waals surface area contributed by atoms with E-state index < -0.39 is 19.8 Å². The first-order valence-corrected chi connectivity index (χ1v) is 13.3. The fraction of sp³-hybridized carbons (Fsp3) is 1.00. The van der Waals surface area contributed by atoms with E-state index in [0.29, 0.717) is 0 Å². The second kappa shape index (κ2) is 13.8. The minimum atomic E-state index is -0.982. The van der Waals surface area contributed by atoms with Crippen molar-refractivity contribution in [2.75, 3.05) is 6.67 Å². The number of alkyl halides is 1. The summed E-state index contributed by atoms with van der Waals surface area (Å²) in [4.78, 5) is 0. The Morgan fingerprint density at radius 1 is 0.688 bits per heavy atom. The summed E-state index contributed by atoms with van der Waals surface area (Å²) < 4.78 is 16.7. The molecule has 16 heavy (non-hydrogen) atoms. The molecule has 0 saturated heterocycles. The third-order valence-electron chi connectivity index (χ3n) is 3.18. The molecule has 0 unspecified atom stereocenters. The normalized spacial score (nSPS) is 11.2. The van der Waals surface area contributed by atoms with Crippen molar-refractivity contribution >= 4 is 19.8 Å². The van der Waals surface area contributed by atoms with Crippen LogP contribution in [0.25, 0.3) is 0 Å². The van der Waals surface area contributed by atoms with Crippen LogP contribution in [0.5, 0.6) is 0 Å². The predicted octanol–water partition coefficient (Wildman–Crippen LogP) is 5.61. The molecule has 0 nitrogen and oxygen atoms in total. The van der Waals surface area contributed by atoms with Gasteiger partial charge in [-0.3, -0.25) is 0 Å². The molecule has 0 bridgehead atoms. The molecule has 0 saturated carbocycles. The zero-order valence-corrected chi connectivity index (χ0v) is 14.2. The van der Waals surface area contributed by atoms with E-state index >= 15 is 0 Å². The molecular formula is C14H30FSn. The zero-order chi connectivity index (χ0) is 12.1. The van der Waals surface area contributed by atoms with E-state index in [-0.39, 0.29) is 6.67 Å². The first-order valence-electron chi connectivity index (χ1n) is 7.24. The van der Waals surface area contributed by atoms with Crippen LogP contribution in [0.4, 0.5) is 4.39 Å². The van der Waals surface area contributed by atoms with E-state index in [2.05, 4.69) is 13.8 Å². The Labute approximate surface area is 109 Å². The van der Waals surface area contributed by atoms with Gasteiger partial charge in [0, 0.05) is 0 Å². The number of hydrogen-bond donors (Lipinski definition) is 0. The molecule has 0 amide bonds. The van der Waals surface area contributed by atoms with Gasteiger partial charge in [-0.25, -0.2) is 0 Å². The number of unbranched alkanes of at least 4 members (excludes halogenated alkanes) is 5. The average Bonchev–Trinajstić information content (AvgIpc) is 2.31.